The average molecular weight is 245 g/mol. The maximum absolute atomic E-state index is 5.87. The SMILES string of the molecule is CN1CCN=C1Oc1ccc(Cl)c(Cl)c1. The van der Waals surface area contributed by atoms with Crippen LogP contribution in [0.2, 0.25) is 10.0 Å². The zero-order chi connectivity index (χ0) is 10.8. The van der Waals surface area contributed by atoms with Gasteiger partial charge in [0.25, 0.3) is 6.02 Å². The van der Waals surface area contributed by atoms with Gasteiger partial charge < -0.3 is 9.64 Å². The molecule has 3 nitrogen and oxygen atoms in total. The summed E-state index contributed by atoms with van der Waals surface area (Å²) in [5, 5.41) is 1.00. The number of likely N-dealkylation sites (N-methyl/N-ethyl adjacent to an activating group) is 1. The Labute approximate surface area is 98.3 Å². The normalized spacial score (nSPS) is 15.4. The number of hydrogen-bond acceptors (Lipinski definition) is 3. The lowest BCUT2D eigenvalue weighted by Gasteiger charge is -2.13. The van der Waals surface area contributed by atoms with E-state index in [0.29, 0.717) is 21.8 Å². The van der Waals surface area contributed by atoms with E-state index in [2.05, 4.69) is 4.99 Å². The molecule has 1 aromatic rings. The number of nitrogens with zero attached hydrogens (tertiary/aromatic N) is 2. The molecule has 1 aromatic carbocycles. The van der Waals surface area contributed by atoms with Crippen LogP contribution in [0.3, 0.4) is 0 Å². The Morgan fingerprint density at radius 3 is 2.73 bits per heavy atom. The molecule has 0 saturated carbocycles. The first-order chi connectivity index (χ1) is 7.16. The van der Waals surface area contributed by atoms with Crippen molar-refractivity contribution in [3.63, 3.8) is 0 Å². The van der Waals surface area contributed by atoms with Gasteiger partial charge in [0, 0.05) is 19.7 Å². The minimum absolute atomic E-state index is 0.482. The summed E-state index contributed by atoms with van der Waals surface area (Å²) in [6.45, 7) is 1.66. The highest BCUT2D eigenvalue weighted by Gasteiger charge is 2.14. The fourth-order valence-electron chi connectivity index (χ4n) is 1.27. The number of ether oxygens (including phenoxy) is 1. The van der Waals surface area contributed by atoms with Gasteiger partial charge in [-0.15, -0.1) is 0 Å². The third-order valence-corrected chi connectivity index (χ3v) is 2.85. The van der Waals surface area contributed by atoms with E-state index in [1.54, 1.807) is 18.2 Å². The van der Waals surface area contributed by atoms with E-state index in [1.165, 1.54) is 0 Å². The zero-order valence-corrected chi connectivity index (χ0v) is 9.72. The summed E-state index contributed by atoms with van der Waals surface area (Å²) in [4.78, 5) is 6.16. The van der Waals surface area contributed by atoms with E-state index < -0.39 is 0 Å². The molecule has 5 heteroatoms. The van der Waals surface area contributed by atoms with Crippen LogP contribution in [0.5, 0.6) is 5.75 Å². The summed E-state index contributed by atoms with van der Waals surface area (Å²) in [5.41, 5.74) is 0. The molecule has 0 spiro atoms. The van der Waals surface area contributed by atoms with Crippen molar-refractivity contribution in [3.05, 3.63) is 28.2 Å². The second-order valence-electron chi connectivity index (χ2n) is 3.26. The Kier molecular flexibility index (Phi) is 3.03. The standard InChI is InChI=1S/C10H10Cl2N2O/c1-14-5-4-13-10(14)15-7-2-3-8(11)9(12)6-7/h2-3,6H,4-5H2,1H3. The molecule has 0 saturated heterocycles. The second kappa shape index (κ2) is 4.29. The van der Waals surface area contributed by atoms with Crippen molar-refractivity contribution in [2.24, 2.45) is 4.99 Å². The van der Waals surface area contributed by atoms with Crippen LogP contribution in [-0.2, 0) is 0 Å². The summed E-state index contributed by atoms with van der Waals surface area (Å²) >= 11 is 11.7. The number of hydrogen-bond donors (Lipinski definition) is 0. The molecule has 0 bridgehead atoms. The third-order valence-electron chi connectivity index (χ3n) is 2.11. The van der Waals surface area contributed by atoms with Gasteiger partial charge in [-0.25, -0.2) is 4.99 Å². The summed E-state index contributed by atoms with van der Waals surface area (Å²) < 4.78 is 5.56. The Hall–Kier alpha value is -0.930. The molecule has 0 N–H and O–H groups in total. The minimum atomic E-state index is 0.482. The Balaban J connectivity index is 2.14. The van der Waals surface area contributed by atoms with Crippen molar-refractivity contribution in [1.82, 2.24) is 4.90 Å². The fourth-order valence-corrected chi connectivity index (χ4v) is 1.56. The Bertz CT molecular complexity index is 406. The molecule has 0 amide bonds. The van der Waals surface area contributed by atoms with Crippen LogP contribution in [0, 0.1) is 0 Å². The van der Waals surface area contributed by atoms with E-state index in [-0.39, 0.29) is 0 Å². The molecule has 1 aliphatic rings. The van der Waals surface area contributed by atoms with Crippen molar-refractivity contribution >= 4 is 29.2 Å². The molecule has 0 unspecified atom stereocenters. The summed E-state index contributed by atoms with van der Waals surface area (Å²) in [5.74, 6) is 0.650. The first-order valence-electron chi connectivity index (χ1n) is 4.55. The monoisotopic (exact) mass is 244 g/mol. The first kappa shape index (κ1) is 10.6. The van der Waals surface area contributed by atoms with E-state index in [4.69, 9.17) is 27.9 Å². The van der Waals surface area contributed by atoms with Gasteiger partial charge in [-0.1, -0.05) is 23.2 Å². The van der Waals surface area contributed by atoms with Gasteiger partial charge in [-0.2, -0.15) is 0 Å². The molecule has 15 heavy (non-hydrogen) atoms. The number of aliphatic imine (C=N–C) groups is 1. The topological polar surface area (TPSA) is 24.8 Å². The van der Waals surface area contributed by atoms with Crippen LogP contribution >= 0.6 is 23.2 Å². The van der Waals surface area contributed by atoms with Gasteiger partial charge in [0.2, 0.25) is 0 Å². The Morgan fingerprint density at radius 2 is 2.13 bits per heavy atom. The average Bonchev–Trinajstić information content (AvgIpc) is 2.59. The first-order valence-corrected chi connectivity index (χ1v) is 5.31. The van der Waals surface area contributed by atoms with Gasteiger partial charge in [0.1, 0.15) is 5.75 Å². The maximum Gasteiger partial charge on any atom is 0.292 e. The van der Waals surface area contributed by atoms with E-state index in [9.17, 15) is 0 Å². The molecule has 1 aliphatic heterocycles. The lowest BCUT2D eigenvalue weighted by atomic mass is 10.3. The number of rotatable bonds is 1. The van der Waals surface area contributed by atoms with Crippen LogP contribution in [0.15, 0.2) is 23.2 Å². The smallest absolute Gasteiger partial charge is 0.292 e. The second-order valence-corrected chi connectivity index (χ2v) is 4.08. The quantitative estimate of drug-likeness (QED) is 0.759. The molecule has 0 radical (unpaired) electrons. The van der Waals surface area contributed by atoms with Gasteiger partial charge in [0.05, 0.1) is 16.6 Å². The molecule has 0 atom stereocenters. The van der Waals surface area contributed by atoms with Crippen LogP contribution < -0.4 is 4.74 Å². The number of benzene rings is 1. The van der Waals surface area contributed by atoms with Crippen molar-refractivity contribution < 1.29 is 4.74 Å². The van der Waals surface area contributed by atoms with E-state index >= 15 is 0 Å². The molecular formula is C10H10Cl2N2O. The van der Waals surface area contributed by atoms with Crippen LogP contribution in [0.4, 0.5) is 0 Å². The molecule has 1 heterocycles. The molecule has 2 rings (SSSR count). The Morgan fingerprint density at radius 1 is 1.33 bits per heavy atom. The lowest BCUT2D eigenvalue weighted by Crippen LogP contribution is -2.27. The van der Waals surface area contributed by atoms with E-state index in [0.717, 1.165) is 13.1 Å². The summed E-state index contributed by atoms with van der Waals surface area (Å²) in [6.07, 6.45) is 0. The number of amidine groups is 1. The predicted octanol–water partition coefficient (Wildman–Crippen LogP) is 2.67. The maximum atomic E-state index is 5.87. The van der Waals surface area contributed by atoms with Crippen molar-refractivity contribution in [2.45, 2.75) is 0 Å². The van der Waals surface area contributed by atoms with Gasteiger partial charge in [-0.05, 0) is 12.1 Å². The van der Waals surface area contributed by atoms with Gasteiger partial charge in [0.15, 0.2) is 0 Å². The highest BCUT2D eigenvalue weighted by atomic mass is 35.5. The molecule has 0 fully saturated rings. The minimum Gasteiger partial charge on any atom is -0.426 e. The summed E-state index contributed by atoms with van der Waals surface area (Å²) in [7, 11) is 1.93. The molecule has 0 aliphatic carbocycles. The molecule has 80 valence electrons. The zero-order valence-electron chi connectivity index (χ0n) is 8.20. The predicted molar refractivity (Wildman–Crippen MR) is 62.0 cm³/mol. The van der Waals surface area contributed by atoms with Crippen molar-refractivity contribution in [3.8, 4) is 5.75 Å². The highest BCUT2D eigenvalue weighted by molar-refractivity contribution is 6.42. The van der Waals surface area contributed by atoms with Crippen LogP contribution in [0.1, 0.15) is 0 Å². The van der Waals surface area contributed by atoms with E-state index in [1.807, 2.05) is 11.9 Å². The number of halogens is 2. The summed E-state index contributed by atoms with van der Waals surface area (Å²) in [6, 6.07) is 5.77. The molecule has 0 aromatic heterocycles. The lowest BCUT2D eigenvalue weighted by molar-refractivity contribution is 0.423. The van der Waals surface area contributed by atoms with Crippen molar-refractivity contribution in [1.29, 1.82) is 0 Å². The molecular weight excluding hydrogens is 235 g/mol. The van der Waals surface area contributed by atoms with Gasteiger partial charge >= 0.3 is 0 Å². The largest absolute Gasteiger partial charge is 0.426 e. The highest BCUT2D eigenvalue weighted by Crippen LogP contribution is 2.26. The third kappa shape index (κ3) is 2.36. The van der Waals surface area contributed by atoms with Crippen LogP contribution in [-0.4, -0.2) is 31.1 Å². The van der Waals surface area contributed by atoms with Crippen LogP contribution in [0.25, 0.3) is 0 Å². The fraction of sp³-hybridized carbons (Fsp3) is 0.300. The van der Waals surface area contributed by atoms with Gasteiger partial charge in [-0.3, -0.25) is 0 Å². The van der Waals surface area contributed by atoms with Crippen molar-refractivity contribution in [2.75, 3.05) is 20.1 Å².